The number of nitrogens with zero attached hydrogens (tertiary/aromatic N) is 2. The Morgan fingerprint density at radius 1 is 1.29 bits per heavy atom. The van der Waals surface area contributed by atoms with Gasteiger partial charge in [-0.2, -0.15) is 0 Å². The predicted octanol–water partition coefficient (Wildman–Crippen LogP) is 4.41. The minimum absolute atomic E-state index is 0.0463. The molecule has 0 bridgehead atoms. The van der Waals surface area contributed by atoms with E-state index in [1.807, 2.05) is 38.4 Å². The average Bonchev–Trinajstić information content (AvgIpc) is 3.36. The second-order valence-electron chi connectivity index (χ2n) is 8.48. The molecule has 2 aromatic rings. The monoisotopic (exact) mass is 447 g/mol. The molecule has 2 amide bonds. The first-order valence-electron chi connectivity index (χ1n) is 10.8. The number of β-amino-alcohol motifs (C(OH)–C–C–N with tert-alkyl or cyclic N) is 1. The van der Waals surface area contributed by atoms with Crippen molar-refractivity contribution in [3.8, 4) is 10.4 Å². The van der Waals surface area contributed by atoms with E-state index in [4.69, 9.17) is 0 Å². The molecule has 1 atom stereocenters. The lowest BCUT2D eigenvalue weighted by Gasteiger charge is -2.22. The van der Waals surface area contributed by atoms with Crippen molar-refractivity contribution in [3.63, 3.8) is 0 Å². The Morgan fingerprint density at radius 3 is 2.39 bits per heavy atom. The molecule has 2 heterocycles. The maximum atomic E-state index is 11.6. The number of benzene rings is 1. The van der Waals surface area contributed by atoms with Crippen LogP contribution in [0.4, 0.5) is 0 Å². The molecule has 1 fully saturated rings. The van der Waals surface area contributed by atoms with Crippen LogP contribution in [-0.2, 0) is 16.1 Å². The number of amides is 2. The van der Waals surface area contributed by atoms with Crippen LogP contribution < -0.4 is 5.32 Å². The molecule has 3 rings (SSSR count). The van der Waals surface area contributed by atoms with Gasteiger partial charge in [-0.05, 0) is 29.9 Å². The van der Waals surface area contributed by atoms with E-state index in [1.54, 1.807) is 16.2 Å². The molecule has 1 saturated heterocycles. The minimum Gasteiger partial charge on any atom is -0.391 e. The molecule has 31 heavy (non-hydrogen) atoms. The number of hydrogen-bond donors (Lipinski definition) is 2. The molecule has 1 aliphatic rings. The van der Waals surface area contributed by atoms with Crippen LogP contribution in [0.1, 0.15) is 58.7 Å². The number of carbonyl (C=O) groups is 2. The topological polar surface area (TPSA) is 82.5 Å². The SMILES string of the molecule is CC.CC(C)(C)CC(=O)N1CCC(O)C1.Cc1ncsc1-c1ccc(CNC=O)cc1. The number of likely N-dealkylation sites (tertiary alicyclic amines) is 1. The number of aryl methyl sites for hydroxylation is 1. The van der Waals surface area contributed by atoms with E-state index in [0.29, 0.717) is 25.9 Å². The van der Waals surface area contributed by atoms with Gasteiger partial charge in [0.15, 0.2) is 0 Å². The zero-order valence-electron chi connectivity index (χ0n) is 19.6. The molecular formula is C24H37N3O3S. The van der Waals surface area contributed by atoms with Gasteiger partial charge in [0.1, 0.15) is 0 Å². The number of rotatable bonds is 5. The molecule has 6 nitrogen and oxygen atoms in total. The molecule has 0 spiro atoms. The summed E-state index contributed by atoms with van der Waals surface area (Å²) < 4.78 is 0. The Balaban J connectivity index is 0.000000293. The second-order valence-corrected chi connectivity index (χ2v) is 9.34. The third-order valence-corrected chi connectivity index (χ3v) is 5.53. The summed E-state index contributed by atoms with van der Waals surface area (Å²) in [6.45, 7) is 14.0. The number of nitrogens with one attached hydrogen (secondary N) is 1. The van der Waals surface area contributed by atoms with Crippen molar-refractivity contribution in [2.45, 2.75) is 67.0 Å². The zero-order chi connectivity index (χ0) is 23.4. The third-order valence-electron chi connectivity index (χ3n) is 4.55. The van der Waals surface area contributed by atoms with Gasteiger partial charge in [-0.1, -0.05) is 58.9 Å². The molecule has 7 heteroatoms. The number of thiazole rings is 1. The summed E-state index contributed by atoms with van der Waals surface area (Å²) in [5.74, 6) is 0.170. The van der Waals surface area contributed by atoms with Gasteiger partial charge in [0.25, 0.3) is 0 Å². The summed E-state index contributed by atoms with van der Waals surface area (Å²) in [5.41, 5.74) is 5.23. The van der Waals surface area contributed by atoms with Crippen LogP contribution in [0.5, 0.6) is 0 Å². The van der Waals surface area contributed by atoms with Crippen LogP contribution >= 0.6 is 11.3 Å². The van der Waals surface area contributed by atoms with Crippen molar-refractivity contribution in [2.24, 2.45) is 5.41 Å². The number of aliphatic hydroxyl groups excluding tert-OH is 1. The summed E-state index contributed by atoms with van der Waals surface area (Å²) in [7, 11) is 0. The molecule has 0 saturated carbocycles. The summed E-state index contributed by atoms with van der Waals surface area (Å²) in [5, 5.41) is 11.9. The van der Waals surface area contributed by atoms with Crippen LogP contribution in [0.15, 0.2) is 29.8 Å². The van der Waals surface area contributed by atoms with Crippen molar-refractivity contribution in [3.05, 3.63) is 41.0 Å². The van der Waals surface area contributed by atoms with Crippen molar-refractivity contribution < 1.29 is 14.7 Å². The van der Waals surface area contributed by atoms with E-state index in [2.05, 4.69) is 43.2 Å². The summed E-state index contributed by atoms with van der Waals surface area (Å²) >= 11 is 1.64. The molecule has 1 unspecified atom stereocenters. The van der Waals surface area contributed by atoms with E-state index in [0.717, 1.165) is 24.2 Å². The quantitative estimate of drug-likeness (QED) is 0.665. The Hall–Kier alpha value is -2.25. The largest absolute Gasteiger partial charge is 0.391 e. The van der Waals surface area contributed by atoms with Crippen LogP contribution in [-0.4, -0.2) is 46.5 Å². The van der Waals surface area contributed by atoms with Gasteiger partial charge in [-0.25, -0.2) is 4.98 Å². The minimum atomic E-state index is -0.302. The molecule has 1 aromatic heterocycles. The highest BCUT2D eigenvalue weighted by Gasteiger charge is 2.27. The van der Waals surface area contributed by atoms with Crippen LogP contribution in [0.2, 0.25) is 0 Å². The molecule has 0 radical (unpaired) electrons. The van der Waals surface area contributed by atoms with Crippen LogP contribution in [0, 0.1) is 12.3 Å². The lowest BCUT2D eigenvalue weighted by atomic mass is 9.92. The first-order valence-corrected chi connectivity index (χ1v) is 11.7. The highest BCUT2D eigenvalue weighted by atomic mass is 32.1. The van der Waals surface area contributed by atoms with Gasteiger partial charge in [-0.3, -0.25) is 9.59 Å². The fourth-order valence-corrected chi connectivity index (χ4v) is 3.86. The lowest BCUT2D eigenvalue weighted by Crippen LogP contribution is -2.32. The standard InChI is InChI=1S/C12H12N2OS.C10H19NO2.C2H6/c1-9-12(16-8-14-9)11-4-2-10(3-5-11)6-13-7-15;1-10(2,3)6-9(13)11-5-4-8(12)7-11;1-2/h2-5,7-8H,6H2,1H3,(H,13,15);8,12H,4-7H2,1-3H3;1-2H3. The Morgan fingerprint density at radius 2 is 1.94 bits per heavy atom. The first-order chi connectivity index (χ1) is 14.7. The maximum absolute atomic E-state index is 11.6. The Kier molecular flexibility index (Phi) is 11.4. The van der Waals surface area contributed by atoms with Crippen molar-refractivity contribution in [1.29, 1.82) is 0 Å². The highest BCUT2D eigenvalue weighted by Crippen LogP contribution is 2.27. The predicted molar refractivity (Wildman–Crippen MR) is 128 cm³/mol. The second kappa shape index (κ2) is 13.2. The maximum Gasteiger partial charge on any atom is 0.223 e. The van der Waals surface area contributed by atoms with Gasteiger partial charge in [-0.15, -0.1) is 11.3 Å². The summed E-state index contributed by atoms with van der Waals surface area (Å²) in [4.78, 5) is 29.0. The average molecular weight is 448 g/mol. The van der Waals surface area contributed by atoms with Gasteiger partial charge in [0.2, 0.25) is 12.3 Å². The van der Waals surface area contributed by atoms with Crippen LogP contribution in [0.3, 0.4) is 0 Å². The Labute approximate surface area is 190 Å². The molecule has 2 N–H and O–H groups in total. The number of aliphatic hydroxyl groups is 1. The van der Waals surface area contributed by atoms with E-state index in [9.17, 15) is 14.7 Å². The van der Waals surface area contributed by atoms with Crippen LogP contribution in [0.25, 0.3) is 10.4 Å². The fourth-order valence-electron chi connectivity index (χ4n) is 3.05. The summed E-state index contributed by atoms with van der Waals surface area (Å²) in [6.07, 6.45) is 1.71. The zero-order valence-corrected chi connectivity index (χ0v) is 20.5. The number of hydrogen-bond acceptors (Lipinski definition) is 5. The normalized spacial score (nSPS) is 15.3. The van der Waals surface area contributed by atoms with Crippen molar-refractivity contribution >= 4 is 23.7 Å². The number of aromatic nitrogens is 1. The van der Waals surface area contributed by atoms with Gasteiger partial charge < -0.3 is 15.3 Å². The van der Waals surface area contributed by atoms with E-state index in [-0.39, 0.29) is 17.4 Å². The van der Waals surface area contributed by atoms with E-state index < -0.39 is 0 Å². The highest BCUT2D eigenvalue weighted by molar-refractivity contribution is 7.13. The van der Waals surface area contributed by atoms with E-state index >= 15 is 0 Å². The van der Waals surface area contributed by atoms with Crippen molar-refractivity contribution in [1.82, 2.24) is 15.2 Å². The Bertz CT molecular complexity index is 797. The molecule has 1 aromatic carbocycles. The van der Waals surface area contributed by atoms with Crippen molar-refractivity contribution in [2.75, 3.05) is 13.1 Å². The molecule has 0 aliphatic carbocycles. The molecule has 1 aliphatic heterocycles. The molecule has 172 valence electrons. The number of carbonyl (C=O) groups excluding carboxylic acids is 2. The van der Waals surface area contributed by atoms with Gasteiger partial charge >= 0.3 is 0 Å². The smallest absolute Gasteiger partial charge is 0.223 e. The molecular weight excluding hydrogens is 410 g/mol. The third kappa shape index (κ3) is 9.61. The van der Waals surface area contributed by atoms with E-state index in [1.165, 1.54) is 10.4 Å². The summed E-state index contributed by atoms with van der Waals surface area (Å²) in [6, 6.07) is 8.15. The van der Waals surface area contributed by atoms with Gasteiger partial charge in [0, 0.05) is 26.1 Å². The fraction of sp³-hybridized carbons (Fsp3) is 0.542. The first kappa shape index (κ1) is 26.8. The lowest BCUT2D eigenvalue weighted by molar-refractivity contribution is -0.132. The van der Waals surface area contributed by atoms with Gasteiger partial charge in [0.05, 0.1) is 22.2 Å².